The molecule has 0 aliphatic rings. The maximum absolute atomic E-state index is 10.5. The van der Waals surface area contributed by atoms with Gasteiger partial charge in [-0.05, 0) is 46.1 Å². The first-order chi connectivity index (χ1) is 6.65. The van der Waals surface area contributed by atoms with E-state index in [2.05, 4.69) is 15.9 Å². The lowest BCUT2D eigenvalue weighted by Gasteiger charge is -2.09. The van der Waals surface area contributed by atoms with Gasteiger partial charge in [-0.15, -0.1) is 0 Å². The highest BCUT2D eigenvalue weighted by Crippen LogP contribution is 2.25. The van der Waals surface area contributed by atoms with Crippen molar-refractivity contribution < 1.29 is 14.6 Å². The maximum Gasteiger partial charge on any atom is 0.133 e. The first-order valence-electron chi connectivity index (χ1n) is 4.29. The second-order valence-electron chi connectivity index (χ2n) is 2.78. The van der Waals surface area contributed by atoms with E-state index >= 15 is 0 Å². The van der Waals surface area contributed by atoms with Crippen molar-refractivity contribution >= 4 is 21.9 Å². The number of halogens is 1. The SMILES string of the molecule is CCCOc1ccc(C(=O)[O-])cc1Br. The number of rotatable bonds is 4. The summed E-state index contributed by atoms with van der Waals surface area (Å²) in [5.41, 5.74) is 0.140. The average molecular weight is 258 g/mol. The van der Waals surface area contributed by atoms with E-state index in [4.69, 9.17) is 4.74 Å². The molecular weight excluding hydrogens is 248 g/mol. The van der Waals surface area contributed by atoms with Crippen molar-refractivity contribution in [2.75, 3.05) is 6.61 Å². The first-order valence-corrected chi connectivity index (χ1v) is 5.08. The molecule has 1 aromatic carbocycles. The number of ether oxygens (including phenoxy) is 1. The molecule has 0 N–H and O–H groups in total. The number of carboxylic acids is 1. The second kappa shape index (κ2) is 5.00. The predicted octanol–water partition coefficient (Wildman–Crippen LogP) is 1.60. The number of benzene rings is 1. The van der Waals surface area contributed by atoms with Gasteiger partial charge in [-0.1, -0.05) is 6.92 Å². The van der Waals surface area contributed by atoms with Crippen LogP contribution >= 0.6 is 15.9 Å². The number of carbonyl (C=O) groups excluding carboxylic acids is 1. The van der Waals surface area contributed by atoms with Crippen LogP contribution in [0.2, 0.25) is 0 Å². The minimum absolute atomic E-state index is 0.140. The molecule has 1 aromatic rings. The van der Waals surface area contributed by atoms with Crippen LogP contribution < -0.4 is 9.84 Å². The van der Waals surface area contributed by atoms with E-state index in [-0.39, 0.29) is 5.56 Å². The summed E-state index contributed by atoms with van der Waals surface area (Å²) in [6, 6.07) is 4.55. The Kier molecular flexibility index (Phi) is 3.95. The van der Waals surface area contributed by atoms with Gasteiger partial charge in [-0.2, -0.15) is 0 Å². The molecular formula is C10H10BrO3-. The third-order valence-electron chi connectivity index (χ3n) is 1.63. The summed E-state index contributed by atoms with van der Waals surface area (Å²) in [6.45, 7) is 2.62. The Morgan fingerprint density at radius 2 is 2.29 bits per heavy atom. The van der Waals surface area contributed by atoms with Crippen LogP contribution in [0, 0.1) is 0 Å². The molecule has 0 bridgehead atoms. The average Bonchev–Trinajstić information content (AvgIpc) is 2.15. The Morgan fingerprint density at radius 1 is 1.57 bits per heavy atom. The van der Waals surface area contributed by atoms with Crippen LogP contribution in [0.5, 0.6) is 5.75 Å². The van der Waals surface area contributed by atoms with E-state index in [0.717, 1.165) is 6.42 Å². The molecule has 0 heterocycles. The largest absolute Gasteiger partial charge is 0.545 e. The summed E-state index contributed by atoms with van der Waals surface area (Å²) in [5.74, 6) is -0.537. The van der Waals surface area contributed by atoms with Crippen LogP contribution in [0.25, 0.3) is 0 Å². The highest BCUT2D eigenvalue weighted by molar-refractivity contribution is 9.10. The molecule has 0 radical (unpaired) electrons. The van der Waals surface area contributed by atoms with Gasteiger partial charge in [0.15, 0.2) is 0 Å². The fourth-order valence-corrected chi connectivity index (χ4v) is 1.45. The van der Waals surface area contributed by atoms with Crippen molar-refractivity contribution in [3.05, 3.63) is 28.2 Å². The number of hydrogen-bond donors (Lipinski definition) is 0. The van der Waals surface area contributed by atoms with Gasteiger partial charge < -0.3 is 14.6 Å². The minimum atomic E-state index is -1.19. The van der Waals surface area contributed by atoms with Gasteiger partial charge in [0.2, 0.25) is 0 Å². The van der Waals surface area contributed by atoms with Gasteiger partial charge in [-0.3, -0.25) is 0 Å². The summed E-state index contributed by atoms with van der Waals surface area (Å²) < 4.78 is 5.99. The Morgan fingerprint density at radius 3 is 2.79 bits per heavy atom. The molecule has 0 spiro atoms. The molecule has 14 heavy (non-hydrogen) atoms. The van der Waals surface area contributed by atoms with Crippen LogP contribution in [-0.4, -0.2) is 12.6 Å². The highest BCUT2D eigenvalue weighted by Gasteiger charge is 2.02. The third kappa shape index (κ3) is 2.73. The molecule has 0 saturated carbocycles. The van der Waals surface area contributed by atoms with Gasteiger partial charge in [-0.25, -0.2) is 0 Å². The van der Waals surface area contributed by atoms with Crippen molar-refractivity contribution in [2.45, 2.75) is 13.3 Å². The van der Waals surface area contributed by atoms with E-state index in [1.165, 1.54) is 12.1 Å². The fraction of sp³-hybridized carbons (Fsp3) is 0.300. The zero-order chi connectivity index (χ0) is 10.6. The molecule has 0 aliphatic carbocycles. The van der Waals surface area contributed by atoms with E-state index in [0.29, 0.717) is 16.8 Å². The van der Waals surface area contributed by atoms with Gasteiger partial charge in [0.1, 0.15) is 5.75 Å². The molecule has 1 rings (SSSR count). The van der Waals surface area contributed by atoms with E-state index in [1.54, 1.807) is 6.07 Å². The summed E-state index contributed by atoms with van der Waals surface area (Å²) in [7, 11) is 0. The molecule has 0 fully saturated rings. The smallest absolute Gasteiger partial charge is 0.133 e. The third-order valence-corrected chi connectivity index (χ3v) is 2.25. The van der Waals surface area contributed by atoms with Crippen molar-refractivity contribution in [1.82, 2.24) is 0 Å². The molecule has 0 atom stereocenters. The lowest BCUT2D eigenvalue weighted by atomic mass is 10.2. The predicted molar refractivity (Wildman–Crippen MR) is 54.3 cm³/mol. The maximum atomic E-state index is 10.5. The van der Waals surface area contributed by atoms with E-state index < -0.39 is 5.97 Å². The van der Waals surface area contributed by atoms with Gasteiger partial charge in [0.25, 0.3) is 0 Å². The van der Waals surface area contributed by atoms with Crippen LogP contribution in [-0.2, 0) is 0 Å². The summed E-state index contributed by atoms with van der Waals surface area (Å²) in [6.07, 6.45) is 0.911. The second-order valence-corrected chi connectivity index (χ2v) is 3.64. The lowest BCUT2D eigenvalue weighted by Crippen LogP contribution is -2.22. The van der Waals surface area contributed by atoms with Crippen molar-refractivity contribution in [1.29, 1.82) is 0 Å². The van der Waals surface area contributed by atoms with Gasteiger partial charge in [0.05, 0.1) is 17.0 Å². The van der Waals surface area contributed by atoms with Crippen molar-refractivity contribution in [3.63, 3.8) is 0 Å². The molecule has 0 amide bonds. The Bertz CT molecular complexity index is 336. The molecule has 0 aromatic heterocycles. The molecule has 4 heteroatoms. The van der Waals surface area contributed by atoms with Crippen LogP contribution in [0.3, 0.4) is 0 Å². The monoisotopic (exact) mass is 257 g/mol. The number of hydrogen-bond acceptors (Lipinski definition) is 3. The summed E-state index contributed by atoms with van der Waals surface area (Å²) in [4.78, 5) is 10.5. The summed E-state index contributed by atoms with van der Waals surface area (Å²) >= 11 is 3.23. The minimum Gasteiger partial charge on any atom is -0.545 e. The van der Waals surface area contributed by atoms with Crippen LogP contribution in [0.4, 0.5) is 0 Å². The topological polar surface area (TPSA) is 49.4 Å². The number of carboxylic acid groups (broad SMARTS) is 1. The molecule has 0 aliphatic heterocycles. The number of aromatic carboxylic acids is 1. The Labute approximate surface area is 90.8 Å². The van der Waals surface area contributed by atoms with Crippen LogP contribution in [0.15, 0.2) is 22.7 Å². The van der Waals surface area contributed by atoms with E-state index in [1.807, 2.05) is 6.92 Å². The normalized spacial score (nSPS) is 9.86. The van der Waals surface area contributed by atoms with Crippen molar-refractivity contribution in [3.8, 4) is 5.75 Å². The lowest BCUT2D eigenvalue weighted by molar-refractivity contribution is -0.255. The zero-order valence-corrected chi connectivity index (χ0v) is 9.33. The quantitative estimate of drug-likeness (QED) is 0.824. The van der Waals surface area contributed by atoms with Crippen molar-refractivity contribution in [2.24, 2.45) is 0 Å². The highest BCUT2D eigenvalue weighted by atomic mass is 79.9. The van der Waals surface area contributed by atoms with Gasteiger partial charge in [0, 0.05) is 0 Å². The summed E-state index contributed by atoms with van der Waals surface area (Å²) in [5, 5.41) is 10.5. The first kappa shape index (κ1) is 11.0. The molecule has 0 unspecified atom stereocenters. The zero-order valence-electron chi connectivity index (χ0n) is 7.75. The van der Waals surface area contributed by atoms with Gasteiger partial charge >= 0.3 is 0 Å². The van der Waals surface area contributed by atoms with E-state index in [9.17, 15) is 9.90 Å². The number of carbonyl (C=O) groups is 1. The fourth-order valence-electron chi connectivity index (χ4n) is 0.957. The Balaban J connectivity index is 2.84. The molecule has 76 valence electrons. The Hall–Kier alpha value is -1.03. The molecule has 3 nitrogen and oxygen atoms in total. The standard InChI is InChI=1S/C10H11BrO3/c1-2-5-14-9-4-3-7(10(12)13)6-8(9)11/h3-4,6H,2,5H2,1H3,(H,12,13)/p-1. The molecule has 0 saturated heterocycles. The van der Waals surface area contributed by atoms with Crippen LogP contribution in [0.1, 0.15) is 23.7 Å².